The van der Waals surface area contributed by atoms with E-state index in [0.29, 0.717) is 25.9 Å². The summed E-state index contributed by atoms with van der Waals surface area (Å²) in [4.78, 5) is 57.4. The standard InChI is InChI=1S/C34H44N4O5.2H2/c1-23(2)21-26(35-31(40)25-13-7-8-16-29(25)43-22-30(39)36-34(3)17-18-34)32(41)38-20-10-15-28(38)33(42)37-19-9-14-27(37)24-11-5-4-6-12-24;;/h4-8,11-13,16,23,26-28H,9-10,14-15,17-22H2,1-3H3,(H,35,40)(H,36,39);2*1H/t26-,27-,28-;;/m1../s1. The zero-order valence-corrected chi connectivity index (χ0v) is 25.5. The number of benzene rings is 2. The molecule has 0 bridgehead atoms. The Bertz CT molecular complexity index is 1340. The van der Waals surface area contributed by atoms with Gasteiger partial charge in [0.25, 0.3) is 11.8 Å². The summed E-state index contributed by atoms with van der Waals surface area (Å²) in [5.74, 6) is -0.518. The second-order valence-electron chi connectivity index (χ2n) is 12.8. The zero-order valence-electron chi connectivity index (χ0n) is 25.5. The molecule has 2 heterocycles. The minimum atomic E-state index is -0.796. The molecule has 1 aliphatic carbocycles. The summed E-state index contributed by atoms with van der Waals surface area (Å²) in [6.45, 7) is 6.96. The van der Waals surface area contributed by atoms with E-state index in [9.17, 15) is 19.2 Å². The minimum absolute atomic E-state index is 0. The Morgan fingerprint density at radius 3 is 2.35 bits per heavy atom. The first kappa shape index (κ1) is 30.6. The summed E-state index contributed by atoms with van der Waals surface area (Å²) >= 11 is 0. The maximum Gasteiger partial charge on any atom is 0.258 e. The van der Waals surface area contributed by atoms with Crippen molar-refractivity contribution in [3.8, 4) is 5.75 Å². The van der Waals surface area contributed by atoms with Crippen LogP contribution in [0.1, 0.15) is 90.5 Å². The SMILES string of the molecule is CC(C)C[C@@H](NC(=O)c1ccccc1OCC(=O)NC1(C)CC1)C(=O)N1CCC[C@@H]1C(=O)N1CCC[C@@H]1c1ccccc1.[HH].[HH]. The van der Waals surface area contributed by atoms with Crippen molar-refractivity contribution < 1.29 is 26.8 Å². The molecule has 2 saturated heterocycles. The normalized spacial score (nSPS) is 21.4. The number of carbonyl (C=O) groups excluding carboxylic acids is 4. The van der Waals surface area contributed by atoms with Gasteiger partial charge in [-0.2, -0.15) is 0 Å². The third-order valence-electron chi connectivity index (χ3n) is 8.78. The van der Waals surface area contributed by atoms with Gasteiger partial charge in [-0.3, -0.25) is 19.2 Å². The number of likely N-dealkylation sites (tertiary alicyclic amines) is 2. The van der Waals surface area contributed by atoms with Gasteiger partial charge in [-0.1, -0.05) is 56.3 Å². The molecule has 2 N–H and O–H groups in total. The number of hydrogen-bond donors (Lipinski definition) is 2. The van der Waals surface area contributed by atoms with Crippen molar-refractivity contribution in [3.05, 3.63) is 65.7 Å². The quantitative estimate of drug-likeness (QED) is 0.393. The van der Waals surface area contributed by atoms with Gasteiger partial charge in [0.2, 0.25) is 11.8 Å². The number of ether oxygens (including phenoxy) is 1. The van der Waals surface area contributed by atoms with Gasteiger partial charge >= 0.3 is 0 Å². The molecule has 2 aliphatic heterocycles. The maximum absolute atomic E-state index is 14.0. The molecule has 3 fully saturated rings. The summed E-state index contributed by atoms with van der Waals surface area (Å²) < 4.78 is 5.75. The maximum atomic E-state index is 14.0. The third kappa shape index (κ3) is 7.37. The van der Waals surface area contributed by atoms with Gasteiger partial charge < -0.3 is 25.2 Å². The van der Waals surface area contributed by atoms with E-state index in [4.69, 9.17) is 4.74 Å². The van der Waals surface area contributed by atoms with Crippen LogP contribution in [-0.2, 0) is 14.4 Å². The average Bonchev–Trinajstić information content (AvgIpc) is 3.36. The number of amides is 4. The summed E-state index contributed by atoms with van der Waals surface area (Å²) in [7, 11) is 0. The van der Waals surface area contributed by atoms with Gasteiger partial charge in [0, 0.05) is 21.5 Å². The zero-order chi connectivity index (χ0) is 30.6. The number of rotatable bonds is 11. The van der Waals surface area contributed by atoms with Crippen molar-refractivity contribution in [1.29, 1.82) is 0 Å². The molecule has 2 aromatic carbocycles. The Hall–Kier alpha value is -3.88. The van der Waals surface area contributed by atoms with E-state index >= 15 is 0 Å². The van der Waals surface area contributed by atoms with Crippen LogP contribution in [0.25, 0.3) is 0 Å². The van der Waals surface area contributed by atoms with E-state index in [1.165, 1.54) is 0 Å². The van der Waals surface area contributed by atoms with Crippen LogP contribution < -0.4 is 15.4 Å². The first-order chi connectivity index (χ1) is 20.6. The summed E-state index contributed by atoms with van der Waals surface area (Å²) in [6.07, 6.45) is 5.51. The molecule has 0 unspecified atom stereocenters. The molecule has 9 heteroatoms. The molecule has 0 spiro atoms. The molecule has 0 radical (unpaired) electrons. The highest BCUT2D eigenvalue weighted by Gasteiger charge is 2.42. The van der Waals surface area contributed by atoms with Crippen LogP contribution >= 0.6 is 0 Å². The summed E-state index contributed by atoms with van der Waals surface area (Å²) in [5.41, 5.74) is 1.22. The highest BCUT2D eigenvalue weighted by molar-refractivity contribution is 6.00. The van der Waals surface area contributed by atoms with Gasteiger partial charge in [0.05, 0.1) is 11.6 Å². The highest BCUT2D eigenvalue weighted by atomic mass is 16.5. The number of carbonyl (C=O) groups is 4. The van der Waals surface area contributed by atoms with Gasteiger partial charge in [0.1, 0.15) is 17.8 Å². The van der Waals surface area contributed by atoms with Crippen LogP contribution in [0.3, 0.4) is 0 Å². The predicted octanol–water partition coefficient (Wildman–Crippen LogP) is 4.73. The lowest BCUT2D eigenvalue weighted by Crippen LogP contribution is -2.54. The van der Waals surface area contributed by atoms with Crippen molar-refractivity contribution in [1.82, 2.24) is 20.4 Å². The van der Waals surface area contributed by atoms with Crippen LogP contribution in [0.5, 0.6) is 5.75 Å². The van der Waals surface area contributed by atoms with E-state index in [1.54, 1.807) is 29.2 Å². The van der Waals surface area contributed by atoms with Gasteiger partial charge in [-0.15, -0.1) is 0 Å². The molecule has 234 valence electrons. The molecule has 43 heavy (non-hydrogen) atoms. The lowest BCUT2D eigenvalue weighted by molar-refractivity contribution is -0.145. The fourth-order valence-electron chi connectivity index (χ4n) is 6.27. The molecule has 2 aromatic rings. The molecular formula is C34H48N4O5. The van der Waals surface area contributed by atoms with Crippen molar-refractivity contribution in [3.63, 3.8) is 0 Å². The van der Waals surface area contributed by atoms with E-state index in [-0.39, 0.29) is 56.0 Å². The van der Waals surface area contributed by atoms with Crippen molar-refractivity contribution in [2.75, 3.05) is 19.7 Å². The second kappa shape index (κ2) is 13.2. The van der Waals surface area contributed by atoms with Crippen LogP contribution in [-0.4, -0.2) is 70.7 Å². The van der Waals surface area contributed by atoms with Gasteiger partial charge in [0.15, 0.2) is 6.61 Å². The lowest BCUT2D eigenvalue weighted by atomic mass is 10.0. The molecule has 3 aliphatic rings. The number of nitrogens with zero attached hydrogens (tertiary/aromatic N) is 2. The molecule has 3 atom stereocenters. The number of hydrogen-bond acceptors (Lipinski definition) is 5. The number of nitrogens with one attached hydrogen (secondary N) is 2. The number of para-hydroxylation sites is 1. The Morgan fingerprint density at radius 2 is 1.63 bits per heavy atom. The largest absolute Gasteiger partial charge is 0.483 e. The summed E-state index contributed by atoms with van der Waals surface area (Å²) in [5, 5.41) is 5.89. The Kier molecular flexibility index (Phi) is 9.37. The third-order valence-corrected chi connectivity index (χ3v) is 8.78. The fraction of sp³-hybridized carbons (Fsp3) is 0.529. The van der Waals surface area contributed by atoms with E-state index in [1.807, 2.05) is 43.9 Å². The average molecular weight is 593 g/mol. The highest BCUT2D eigenvalue weighted by Crippen LogP contribution is 2.35. The minimum Gasteiger partial charge on any atom is -0.483 e. The molecule has 5 rings (SSSR count). The predicted molar refractivity (Wildman–Crippen MR) is 168 cm³/mol. The smallest absolute Gasteiger partial charge is 0.258 e. The molecule has 9 nitrogen and oxygen atoms in total. The Labute approximate surface area is 257 Å². The van der Waals surface area contributed by atoms with Gasteiger partial charge in [-0.05, 0) is 75.5 Å². The molecule has 4 amide bonds. The van der Waals surface area contributed by atoms with Crippen molar-refractivity contribution >= 4 is 23.6 Å². The van der Waals surface area contributed by atoms with E-state index in [0.717, 1.165) is 37.7 Å². The lowest BCUT2D eigenvalue weighted by Gasteiger charge is -2.34. The van der Waals surface area contributed by atoms with Crippen molar-refractivity contribution in [2.24, 2.45) is 5.92 Å². The first-order valence-corrected chi connectivity index (χ1v) is 15.6. The monoisotopic (exact) mass is 592 g/mol. The van der Waals surface area contributed by atoms with Crippen LogP contribution in [0.15, 0.2) is 54.6 Å². The van der Waals surface area contributed by atoms with E-state index in [2.05, 4.69) is 22.8 Å². The Morgan fingerprint density at radius 1 is 0.953 bits per heavy atom. The summed E-state index contributed by atoms with van der Waals surface area (Å²) in [6, 6.07) is 15.5. The Balaban J connectivity index is 0.00000276. The van der Waals surface area contributed by atoms with Crippen LogP contribution in [0.2, 0.25) is 0 Å². The van der Waals surface area contributed by atoms with E-state index < -0.39 is 18.0 Å². The van der Waals surface area contributed by atoms with Crippen LogP contribution in [0.4, 0.5) is 0 Å². The molecular weight excluding hydrogens is 544 g/mol. The molecule has 0 aromatic heterocycles. The first-order valence-electron chi connectivity index (χ1n) is 15.6. The topological polar surface area (TPSA) is 108 Å². The fourth-order valence-corrected chi connectivity index (χ4v) is 6.27. The van der Waals surface area contributed by atoms with Gasteiger partial charge in [-0.25, -0.2) is 0 Å². The second-order valence-corrected chi connectivity index (χ2v) is 12.8. The van der Waals surface area contributed by atoms with Crippen molar-refractivity contribution in [2.45, 2.75) is 89.4 Å². The van der Waals surface area contributed by atoms with Crippen LogP contribution in [0, 0.1) is 5.92 Å². The molecule has 1 saturated carbocycles.